The van der Waals surface area contributed by atoms with Gasteiger partial charge < -0.3 is 10.6 Å². The topological polar surface area (TPSA) is 96.9 Å². The molecule has 0 aliphatic carbocycles. The number of aromatic nitrogens is 3. The second-order valence-electron chi connectivity index (χ2n) is 6.06. The molecule has 28 heavy (non-hydrogen) atoms. The fourth-order valence-electron chi connectivity index (χ4n) is 2.08. The van der Waals surface area contributed by atoms with E-state index in [2.05, 4.69) is 39.4 Å². The molecule has 7 nitrogen and oxygen atoms in total. The van der Waals surface area contributed by atoms with Crippen LogP contribution in [0.3, 0.4) is 0 Å². The summed E-state index contributed by atoms with van der Waals surface area (Å²) >= 11 is 4.19. The lowest BCUT2D eigenvalue weighted by Crippen LogP contribution is -2.16. The minimum absolute atomic E-state index is 0.111. The third-order valence-corrected chi connectivity index (χ3v) is 6.57. The van der Waals surface area contributed by atoms with Gasteiger partial charge in [0, 0.05) is 33.7 Å². The van der Waals surface area contributed by atoms with Crippen LogP contribution < -0.4 is 10.6 Å². The van der Waals surface area contributed by atoms with E-state index in [1.165, 1.54) is 39.3 Å². The van der Waals surface area contributed by atoms with Crippen LogP contribution in [0.1, 0.15) is 35.1 Å². The summed E-state index contributed by atoms with van der Waals surface area (Å²) < 4.78 is 0. The Hall–Kier alpha value is -2.30. The molecule has 1 amide bonds. The Morgan fingerprint density at radius 2 is 2.00 bits per heavy atom. The number of amides is 1. The van der Waals surface area contributed by atoms with Crippen molar-refractivity contribution in [1.82, 2.24) is 15.0 Å². The van der Waals surface area contributed by atoms with E-state index in [4.69, 9.17) is 0 Å². The molecule has 2 N–H and O–H groups in total. The van der Waals surface area contributed by atoms with Gasteiger partial charge in [0.2, 0.25) is 11.7 Å². The number of pyridine rings is 1. The molecule has 3 heterocycles. The maximum Gasteiger partial charge on any atom is 0.236 e. The zero-order valence-electron chi connectivity index (χ0n) is 15.3. The van der Waals surface area contributed by atoms with Crippen molar-refractivity contribution in [3.63, 3.8) is 0 Å². The predicted octanol–water partition coefficient (Wildman–Crippen LogP) is 4.14. The molecule has 3 aromatic heterocycles. The molecule has 0 aliphatic heterocycles. The average molecular weight is 434 g/mol. The van der Waals surface area contributed by atoms with Gasteiger partial charge in [0.25, 0.3) is 0 Å². The normalized spacial score (nSPS) is 10.8. The lowest BCUT2D eigenvalue weighted by Gasteiger charge is -2.02. The molecule has 0 saturated heterocycles. The lowest BCUT2D eigenvalue weighted by atomic mass is 10.2. The summed E-state index contributed by atoms with van der Waals surface area (Å²) in [5.41, 5.74) is 0.329. The van der Waals surface area contributed by atoms with E-state index in [1.807, 2.05) is 18.3 Å². The average Bonchev–Trinajstić information content (AvgIpc) is 3.35. The van der Waals surface area contributed by atoms with Crippen molar-refractivity contribution in [3.05, 3.63) is 46.7 Å². The van der Waals surface area contributed by atoms with Gasteiger partial charge in [0.05, 0.1) is 12.3 Å². The summed E-state index contributed by atoms with van der Waals surface area (Å²) in [6.07, 6.45) is 5.19. The van der Waals surface area contributed by atoms with Crippen LogP contribution in [0, 0.1) is 0 Å². The molecule has 0 spiro atoms. The number of thiazole rings is 2. The maximum atomic E-state index is 12.3. The van der Waals surface area contributed by atoms with Gasteiger partial charge in [-0.05, 0) is 18.1 Å². The molecule has 0 aliphatic rings. The van der Waals surface area contributed by atoms with Crippen LogP contribution in [0.2, 0.25) is 0 Å². The summed E-state index contributed by atoms with van der Waals surface area (Å²) in [6.45, 7) is 4.31. The van der Waals surface area contributed by atoms with Crippen molar-refractivity contribution in [2.24, 2.45) is 0 Å². The largest absolute Gasteiger partial charge is 0.354 e. The molecule has 0 bridgehead atoms. The second-order valence-corrected chi connectivity index (χ2v) is 9.03. The summed E-state index contributed by atoms with van der Waals surface area (Å²) in [5, 5.41) is 8.54. The van der Waals surface area contributed by atoms with Crippen LogP contribution in [-0.2, 0) is 4.79 Å². The molecule has 10 heteroatoms. The first-order valence-corrected chi connectivity index (χ1v) is 11.2. The fraction of sp³-hybridized carbons (Fsp3) is 0.278. The third-order valence-electron chi connectivity index (χ3n) is 3.55. The van der Waals surface area contributed by atoms with E-state index < -0.39 is 0 Å². The van der Waals surface area contributed by atoms with Crippen molar-refractivity contribution in [3.8, 4) is 0 Å². The monoisotopic (exact) mass is 433 g/mol. The van der Waals surface area contributed by atoms with Crippen molar-refractivity contribution < 1.29 is 9.59 Å². The SMILES string of the molecule is CC(C)c1cnc(NCC(=O)c2csc(NC(=O)CSc3ccncc3)n2)s1. The summed E-state index contributed by atoms with van der Waals surface area (Å²) in [5.74, 6) is 0.350. The van der Waals surface area contributed by atoms with Crippen LogP contribution in [0.5, 0.6) is 0 Å². The smallest absolute Gasteiger partial charge is 0.236 e. The molecule has 0 unspecified atom stereocenters. The van der Waals surface area contributed by atoms with Crippen LogP contribution >= 0.6 is 34.4 Å². The number of hydrogen-bond donors (Lipinski definition) is 2. The van der Waals surface area contributed by atoms with Gasteiger partial charge in [0.1, 0.15) is 5.69 Å². The maximum absolute atomic E-state index is 12.3. The van der Waals surface area contributed by atoms with Crippen LogP contribution in [-0.4, -0.2) is 38.9 Å². The summed E-state index contributed by atoms with van der Waals surface area (Å²) in [7, 11) is 0. The predicted molar refractivity (Wildman–Crippen MR) is 115 cm³/mol. The minimum Gasteiger partial charge on any atom is -0.354 e. The standard InChI is InChI=1S/C18H19N5O2S3/c1-11(2)15-8-21-17(28-15)20-7-14(24)13-9-27-18(22-13)23-16(25)10-26-12-3-5-19-6-4-12/h3-6,8-9,11H,7,10H2,1-2H3,(H,20,21)(H,22,23,25). The van der Waals surface area contributed by atoms with Gasteiger partial charge in [-0.1, -0.05) is 13.8 Å². The quantitative estimate of drug-likeness (QED) is 0.386. The van der Waals surface area contributed by atoms with Gasteiger partial charge in [0.15, 0.2) is 10.3 Å². The molecule has 0 atom stereocenters. The molecule has 3 rings (SSSR count). The Labute approximate surface area is 175 Å². The van der Waals surface area contributed by atoms with Crippen molar-refractivity contribution in [2.75, 3.05) is 22.9 Å². The third kappa shape index (κ3) is 5.85. The van der Waals surface area contributed by atoms with E-state index in [9.17, 15) is 9.59 Å². The number of nitrogens with one attached hydrogen (secondary N) is 2. The zero-order valence-corrected chi connectivity index (χ0v) is 17.8. The highest BCUT2D eigenvalue weighted by Gasteiger charge is 2.14. The van der Waals surface area contributed by atoms with Crippen LogP contribution in [0.4, 0.5) is 10.3 Å². The highest BCUT2D eigenvalue weighted by molar-refractivity contribution is 8.00. The van der Waals surface area contributed by atoms with E-state index in [0.29, 0.717) is 21.9 Å². The second kappa shape index (κ2) is 9.76. The van der Waals surface area contributed by atoms with E-state index in [-0.39, 0.29) is 24.0 Å². The Morgan fingerprint density at radius 3 is 2.71 bits per heavy atom. The number of carbonyl (C=O) groups is 2. The van der Waals surface area contributed by atoms with Crippen molar-refractivity contribution in [1.29, 1.82) is 0 Å². The van der Waals surface area contributed by atoms with Gasteiger partial charge in [-0.3, -0.25) is 14.6 Å². The lowest BCUT2D eigenvalue weighted by molar-refractivity contribution is -0.113. The Kier molecular flexibility index (Phi) is 7.12. The molecule has 0 saturated carbocycles. The zero-order chi connectivity index (χ0) is 19.9. The summed E-state index contributed by atoms with van der Waals surface area (Å²) in [4.78, 5) is 38.9. The number of ketones is 1. The summed E-state index contributed by atoms with van der Waals surface area (Å²) in [6, 6.07) is 3.69. The highest BCUT2D eigenvalue weighted by atomic mass is 32.2. The molecule has 146 valence electrons. The minimum atomic E-state index is -0.169. The number of rotatable bonds is 9. The van der Waals surface area contributed by atoms with Gasteiger partial charge in [-0.15, -0.1) is 34.4 Å². The van der Waals surface area contributed by atoms with Gasteiger partial charge >= 0.3 is 0 Å². The fourth-order valence-corrected chi connectivity index (χ4v) is 4.31. The molecule has 0 radical (unpaired) electrons. The number of nitrogens with zero attached hydrogens (tertiary/aromatic N) is 3. The van der Waals surface area contributed by atoms with E-state index in [1.54, 1.807) is 17.8 Å². The van der Waals surface area contributed by atoms with Crippen LogP contribution in [0.15, 0.2) is 41.0 Å². The number of thioether (sulfide) groups is 1. The van der Waals surface area contributed by atoms with Crippen molar-refractivity contribution in [2.45, 2.75) is 24.7 Å². The molecular formula is C18H19N5O2S3. The number of Topliss-reactive ketones (excluding diaryl/α,β-unsaturated/α-hetero) is 1. The number of carbonyl (C=O) groups excluding carboxylic acids is 2. The molecule has 0 aromatic carbocycles. The Bertz CT molecular complexity index is 940. The van der Waals surface area contributed by atoms with Gasteiger partial charge in [-0.25, -0.2) is 9.97 Å². The first kappa shape index (κ1) is 20.4. The molecule has 3 aromatic rings. The van der Waals surface area contributed by atoms with Crippen molar-refractivity contribution >= 4 is 56.4 Å². The number of anilines is 2. The number of hydrogen-bond acceptors (Lipinski definition) is 9. The highest BCUT2D eigenvalue weighted by Crippen LogP contribution is 2.25. The molecule has 0 fully saturated rings. The van der Waals surface area contributed by atoms with E-state index in [0.717, 1.165) is 4.90 Å². The van der Waals surface area contributed by atoms with Gasteiger partial charge in [-0.2, -0.15) is 0 Å². The first-order chi connectivity index (χ1) is 13.5. The Balaban J connectivity index is 1.47. The van der Waals surface area contributed by atoms with E-state index >= 15 is 0 Å². The molecular weight excluding hydrogens is 414 g/mol. The Morgan fingerprint density at radius 1 is 1.21 bits per heavy atom. The van der Waals surface area contributed by atoms with Crippen LogP contribution in [0.25, 0.3) is 0 Å². The first-order valence-electron chi connectivity index (χ1n) is 8.52.